The number of hydrogen-bond acceptors (Lipinski definition) is 9. The molecule has 1 aromatic carbocycles. The number of carbonyl (C=O) groups excluding carboxylic acids is 2. The predicted octanol–water partition coefficient (Wildman–Crippen LogP) is 6.20. The van der Waals surface area contributed by atoms with Gasteiger partial charge in [0, 0.05) is 29.9 Å². The molecule has 11 heteroatoms. The van der Waals surface area contributed by atoms with Crippen LogP contribution >= 0.6 is 7.82 Å². The zero-order chi connectivity index (χ0) is 28.9. The van der Waals surface area contributed by atoms with E-state index >= 15 is 0 Å². The summed E-state index contributed by atoms with van der Waals surface area (Å²) in [5.41, 5.74) is 2.54. The molecule has 0 amide bonds. The van der Waals surface area contributed by atoms with Crippen molar-refractivity contribution in [1.29, 1.82) is 0 Å². The van der Waals surface area contributed by atoms with Crippen LogP contribution in [0.1, 0.15) is 81.3 Å². The Morgan fingerprint density at radius 2 is 1.73 bits per heavy atom. The Hall–Kier alpha value is -3.33. The van der Waals surface area contributed by atoms with Crippen LogP contribution in [0, 0.1) is 0 Å². The SMILES string of the molecule is CCCCOP(=O)(OCCCC)Oc1ccc2nc3c(cc2c1)Cn1c-3cc(C(=O)CC)c(COC(C)=O)c1=O. The molecule has 0 radical (unpaired) electrons. The van der Waals surface area contributed by atoms with Crippen molar-refractivity contribution in [3.8, 4) is 17.1 Å². The molecule has 0 unspecified atom stereocenters. The second-order valence-electron chi connectivity index (χ2n) is 9.63. The number of carbonyl (C=O) groups is 2. The number of fused-ring (bicyclic) bond motifs is 4. The number of Topliss-reactive ketones (excluding diaryl/α,β-unsaturated/α-hetero) is 1. The fourth-order valence-corrected chi connectivity index (χ4v) is 5.68. The molecule has 0 bridgehead atoms. The maximum atomic E-state index is 13.4. The van der Waals surface area contributed by atoms with Gasteiger partial charge in [0.15, 0.2) is 5.78 Å². The van der Waals surface area contributed by atoms with Crippen molar-refractivity contribution in [3.63, 3.8) is 0 Å². The first-order chi connectivity index (χ1) is 19.2. The van der Waals surface area contributed by atoms with E-state index in [1.807, 2.05) is 19.9 Å². The van der Waals surface area contributed by atoms with Gasteiger partial charge >= 0.3 is 13.8 Å². The minimum atomic E-state index is -3.82. The smallest absolute Gasteiger partial charge is 0.461 e. The van der Waals surface area contributed by atoms with E-state index in [9.17, 15) is 18.9 Å². The molecule has 2 aromatic heterocycles. The average molecular weight is 571 g/mol. The van der Waals surface area contributed by atoms with E-state index in [2.05, 4.69) is 0 Å². The minimum absolute atomic E-state index is 0.153. The van der Waals surface area contributed by atoms with Crippen LogP contribution in [0.4, 0.5) is 0 Å². The molecule has 3 aromatic rings. The third kappa shape index (κ3) is 6.52. The summed E-state index contributed by atoms with van der Waals surface area (Å²) in [5, 5.41) is 0.718. The van der Waals surface area contributed by atoms with Crippen LogP contribution in [-0.4, -0.2) is 34.5 Å². The highest BCUT2D eigenvalue weighted by molar-refractivity contribution is 7.48. The minimum Gasteiger partial charge on any atom is -0.461 e. The maximum Gasteiger partial charge on any atom is 0.530 e. The van der Waals surface area contributed by atoms with Gasteiger partial charge in [0.25, 0.3) is 5.56 Å². The zero-order valence-corrected chi connectivity index (χ0v) is 24.3. The summed E-state index contributed by atoms with van der Waals surface area (Å²) < 4.78 is 36.8. The number of unbranched alkanes of at least 4 members (excludes halogenated alkanes) is 2. The van der Waals surface area contributed by atoms with Crippen LogP contribution in [0.3, 0.4) is 0 Å². The highest BCUT2D eigenvalue weighted by atomic mass is 31.2. The van der Waals surface area contributed by atoms with Gasteiger partial charge in [0.2, 0.25) is 0 Å². The number of ether oxygens (including phenoxy) is 1. The number of pyridine rings is 2. The molecule has 4 rings (SSSR count). The van der Waals surface area contributed by atoms with Crippen molar-refractivity contribution in [1.82, 2.24) is 9.55 Å². The van der Waals surface area contributed by atoms with Crippen molar-refractivity contribution in [2.75, 3.05) is 13.2 Å². The lowest BCUT2D eigenvalue weighted by Crippen LogP contribution is -2.27. The van der Waals surface area contributed by atoms with Gasteiger partial charge in [0.05, 0.1) is 42.2 Å². The van der Waals surface area contributed by atoms with Crippen molar-refractivity contribution in [3.05, 3.63) is 57.4 Å². The fourth-order valence-electron chi connectivity index (χ4n) is 4.42. The normalized spacial score (nSPS) is 12.3. The number of benzene rings is 1. The molecule has 1 aliphatic rings. The molecule has 1 aliphatic heterocycles. The lowest BCUT2D eigenvalue weighted by atomic mass is 10.0. The molecule has 40 heavy (non-hydrogen) atoms. The first-order valence-electron chi connectivity index (χ1n) is 13.7. The molecule has 0 saturated carbocycles. The number of aromatic nitrogens is 2. The van der Waals surface area contributed by atoms with Gasteiger partial charge in [0.1, 0.15) is 12.4 Å². The Morgan fingerprint density at radius 1 is 1.02 bits per heavy atom. The van der Waals surface area contributed by atoms with Gasteiger partial charge < -0.3 is 13.8 Å². The lowest BCUT2D eigenvalue weighted by Gasteiger charge is -2.18. The molecule has 0 spiro atoms. The Bertz CT molecular complexity index is 1520. The molecular weight excluding hydrogens is 535 g/mol. The van der Waals surface area contributed by atoms with Crippen LogP contribution in [0.25, 0.3) is 22.3 Å². The highest BCUT2D eigenvalue weighted by Gasteiger charge is 2.30. The molecule has 0 fully saturated rings. The summed E-state index contributed by atoms with van der Waals surface area (Å²) in [5.74, 6) is -0.437. The van der Waals surface area contributed by atoms with Crippen molar-refractivity contribution >= 4 is 30.5 Å². The second-order valence-corrected chi connectivity index (χ2v) is 11.2. The summed E-state index contributed by atoms with van der Waals surface area (Å²) in [6.45, 7) is 7.48. The number of nitrogens with zero attached hydrogens (tertiary/aromatic N) is 2. The number of ketones is 1. The van der Waals surface area contributed by atoms with Crippen LogP contribution in [0.2, 0.25) is 0 Å². The number of phosphoric acid groups is 1. The van der Waals surface area contributed by atoms with E-state index in [0.717, 1.165) is 36.6 Å². The third-order valence-electron chi connectivity index (χ3n) is 6.59. The van der Waals surface area contributed by atoms with E-state index in [1.165, 1.54) is 11.5 Å². The van der Waals surface area contributed by atoms with Gasteiger partial charge in [-0.1, -0.05) is 33.6 Å². The number of hydrogen-bond donors (Lipinski definition) is 0. The van der Waals surface area contributed by atoms with Gasteiger partial charge in [-0.25, -0.2) is 9.55 Å². The summed E-state index contributed by atoms with van der Waals surface area (Å²) >= 11 is 0. The molecule has 0 saturated heterocycles. The number of phosphoric ester groups is 1. The predicted molar refractivity (Wildman–Crippen MR) is 151 cm³/mol. The van der Waals surface area contributed by atoms with Crippen LogP contribution in [0.5, 0.6) is 5.75 Å². The van der Waals surface area contributed by atoms with Crippen LogP contribution in [0.15, 0.2) is 35.1 Å². The summed E-state index contributed by atoms with van der Waals surface area (Å²) in [7, 11) is -3.82. The molecular formula is C29H35N2O8P. The number of rotatable bonds is 14. The molecule has 0 aliphatic carbocycles. The second kappa shape index (κ2) is 12.9. The lowest BCUT2D eigenvalue weighted by molar-refractivity contribution is -0.142. The summed E-state index contributed by atoms with van der Waals surface area (Å²) in [6.07, 6.45) is 3.42. The van der Waals surface area contributed by atoms with Crippen molar-refractivity contribution in [2.24, 2.45) is 0 Å². The Balaban J connectivity index is 1.68. The standard InChI is InChI=1S/C29H35N2O8P/c1-5-8-12-37-40(35,38-13-9-6-2)39-22-10-11-25-20(15-22)14-21-17-31-26(28(21)30-25)16-23(27(33)7-3)24(29(31)34)18-36-19(4)32/h10-11,14-16H,5-9,12-13,17-18H2,1-4H3. The quantitative estimate of drug-likeness (QED) is 0.0754. The van der Waals surface area contributed by atoms with Gasteiger partial charge in [-0.15, -0.1) is 0 Å². The van der Waals surface area contributed by atoms with E-state index < -0.39 is 19.4 Å². The van der Waals surface area contributed by atoms with E-state index in [1.54, 1.807) is 31.2 Å². The molecule has 214 valence electrons. The van der Waals surface area contributed by atoms with E-state index in [4.69, 9.17) is 23.3 Å². The largest absolute Gasteiger partial charge is 0.530 e. The van der Waals surface area contributed by atoms with Gasteiger partial charge in [-0.05, 0) is 43.2 Å². The van der Waals surface area contributed by atoms with Crippen molar-refractivity contribution < 1.29 is 32.5 Å². The van der Waals surface area contributed by atoms with Gasteiger partial charge in [-0.3, -0.25) is 23.4 Å². The molecule has 3 heterocycles. The summed E-state index contributed by atoms with van der Waals surface area (Å²) in [6, 6.07) is 8.65. The first-order valence-corrected chi connectivity index (χ1v) is 15.1. The Kier molecular flexibility index (Phi) is 9.56. The zero-order valence-electron chi connectivity index (χ0n) is 23.4. The van der Waals surface area contributed by atoms with Crippen LogP contribution in [-0.2, 0) is 36.3 Å². The molecule has 10 nitrogen and oxygen atoms in total. The average Bonchev–Trinajstić information content (AvgIpc) is 3.28. The fraction of sp³-hybridized carbons (Fsp3) is 0.448. The Labute approximate surface area is 233 Å². The number of esters is 1. The highest BCUT2D eigenvalue weighted by Crippen LogP contribution is 2.50. The van der Waals surface area contributed by atoms with E-state index in [0.29, 0.717) is 22.7 Å². The first kappa shape index (κ1) is 29.6. The van der Waals surface area contributed by atoms with E-state index in [-0.39, 0.29) is 49.7 Å². The van der Waals surface area contributed by atoms with Crippen LogP contribution < -0.4 is 10.1 Å². The Morgan fingerprint density at radius 3 is 2.35 bits per heavy atom. The summed E-state index contributed by atoms with van der Waals surface area (Å²) in [4.78, 5) is 42.3. The monoisotopic (exact) mass is 570 g/mol. The molecule has 0 N–H and O–H groups in total. The van der Waals surface area contributed by atoms with Gasteiger partial charge in [-0.2, -0.15) is 0 Å². The topological polar surface area (TPSA) is 123 Å². The maximum absolute atomic E-state index is 13.4. The third-order valence-corrected chi connectivity index (χ3v) is 8.02. The molecule has 0 atom stereocenters. The van der Waals surface area contributed by atoms with Crippen molar-refractivity contribution in [2.45, 2.75) is 73.0 Å².